The van der Waals surface area contributed by atoms with Gasteiger partial charge in [0.2, 0.25) is 0 Å². The third kappa shape index (κ3) is 3.57. The van der Waals surface area contributed by atoms with E-state index in [9.17, 15) is 4.79 Å². The van der Waals surface area contributed by atoms with Gasteiger partial charge in [0.1, 0.15) is 0 Å². The molecule has 0 spiro atoms. The largest absolute Gasteiger partial charge is 0.349 e. The zero-order chi connectivity index (χ0) is 25.4. The van der Waals surface area contributed by atoms with E-state index in [-0.39, 0.29) is 22.8 Å². The molecule has 190 valence electrons. The van der Waals surface area contributed by atoms with Crippen molar-refractivity contribution >= 4 is 39.3 Å². The van der Waals surface area contributed by atoms with Gasteiger partial charge in [0.25, 0.3) is 5.91 Å². The van der Waals surface area contributed by atoms with Crippen LogP contribution in [-0.2, 0) is 12.0 Å². The molecule has 4 bridgehead atoms. The summed E-state index contributed by atoms with van der Waals surface area (Å²) in [6, 6.07) is 23.5. The monoisotopic (exact) mass is 510 g/mol. The molecular formula is C33H35ClN2O. The fourth-order valence-electron chi connectivity index (χ4n) is 8.95. The number of fused-ring (bicyclic) bond motifs is 3. The minimum atomic E-state index is 0.0546. The lowest BCUT2D eigenvalue weighted by atomic mass is 9.41. The Labute approximate surface area is 224 Å². The Morgan fingerprint density at radius 3 is 2.41 bits per heavy atom. The van der Waals surface area contributed by atoms with Crippen LogP contribution in [0.4, 0.5) is 0 Å². The van der Waals surface area contributed by atoms with E-state index in [2.05, 4.69) is 84.4 Å². The van der Waals surface area contributed by atoms with Gasteiger partial charge in [0.15, 0.2) is 0 Å². The second kappa shape index (κ2) is 8.36. The van der Waals surface area contributed by atoms with Crippen LogP contribution in [-0.4, -0.2) is 16.5 Å². The average Bonchev–Trinajstić information content (AvgIpc) is 3.21. The Hall–Kier alpha value is -2.78. The van der Waals surface area contributed by atoms with Gasteiger partial charge in [0, 0.05) is 45.0 Å². The minimum Gasteiger partial charge on any atom is -0.349 e. The number of benzene rings is 3. The molecule has 4 aliphatic carbocycles. The van der Waals surface area contributed by atoms with Crippen molar-refractivity contribution in [2.45, 2.75) is 70.4 Å². The summed E-state index contributed by atoms with van der Waals surface area (Å²) in [5.41, 5.74) is 5.03. The zero-order valence-electron chi connectivity index (χ0n) is 21.8. The lowest BCUT2D eigenvalue weighted by Gasteiger charge is -2.64. The molecule has 37 heavy (non-hydrogen) atoms. The molecule has 3 nitrogen and oxygen atoms in total. The SMILES string of the molecule is CCn1c2ccccc2c2cc(C(=O)NC(C)C34CC5CC(CC(c6ccc(Cl)cc6)(C5)C3)C4)ccc21. The van der Waals surface area contributed by atoms with E-state index in [1.54, 1.807) is 0 Å². The maximum absolute atomic E-state index is 13.7. The van der Waals surface area contributed by atoms with Crippen LogP contribution in [0.3, 0.4) is 0 Å². The van der Waals surface area contributed by atoms with Gasteiger partial charge in [-0.2, -0.15) is 0 Å². The molecule has 1 amide bonds. The molecule has 4 aromatic rings. The van der Waals surface area contributed by atoms with Crippen LogP contribution in [0.1, 0.15) is 68.3 Å². The summed E-state index contributed by atoms with van der Waals surface area (Å²) in [6.45, 7) is 5.35. The summed E-state index contributed by atoms with van der Waals surface area (Å²) in [6.07, 6.45) is 7.57. The highest BCUT2D eigenvalue weighted by molar-refractivity contribution is 6.30. The van der Waals surface area contributed by atoms with Crippen LogP contribution in [0.5, 0.6) is 0 Å². The van der Waals surface area contributed by atoms with Gasteiger partial charge in [-0.1, -0.05) is 41.9 Å². The zero-order valence-corrected chi connectivity index (χ0v) is 22.5. The molecule has 3 unspecified atom stereocenters. The van der Waals surface area contributed by atoms with E-state index in [0.717, 1.165) is 34.4 Å². The number of nitrogens with one attached hydrogen (secondary N) is 1. The second-order valence-electron chi connectivity index (χ2n) is 12.3. The highest BCUT2D eigenvalue weighted by Crippen LogP contribution is 2.66. The number of aryl methyl sites for hydroxylation is 1. The van der Waals surface area contributed by atoms with Crippen molar-refractivity contribution in [1.82, 2.24) is 9.88 Å². The molecule has 0 saturated heterocycles. The Morgan fingerprint density at radius 2 is 1.68 bits per heavy atom. The lowest BCUT2D eigenvalue weighted by molar-refractivity contribution is -0.0865. The number of nitrogens with zero attached hydrogens (tertiary/aromatic N) is 1. The van der Waals surface area contributed by atoms with Crippen molar-refractivity contribution < 1.29 is 4.79 Å². The summed E-state index contributed by atoms with van der Waals surface area (Å²) in [5.74, 6) is 1.57. The molecule has 4 saturated carbocycles. The predicted molar refractivity (Wildman–Crippen MR) is 152 cm³/mol. The smallest absolute Gasteiger partial charge is 0.251 e. The molecule has 1 heterocycles. The van der Waals surface area contributed by atoms with Gasteiger partial charge in [-0.3, -0.25) is 4.79 Å². The number of para-hydroxylation sites is 1. The average molecular weight is 511 g/mol. The Bertz CT molecular complexity index is 1500. The molecular weight excluding hydrogens is 476 g/mol. The van der Waals surface area contributed by atoms with Gasteiger partial charge in [-0.15, -0.1) is 0 Å². The first-order chi connectivity index (χ1) is 17.9. The standard InChI is InChI=1S/C33H35ClN2O/c1-3-36-29-7-5-4-6-27(29)28-15-24(8-13-30(28)36)31(37)35-21(2)32-16-22-14-23(17-32)19-33(18-22,20-32)25-9-11-26(34)12-10-25/h4-13,15,21-23H,3,14,16-20H2,1-2H3,(H,35,37). The van der Waals surface area contributed by atoms with E-state index in [0.29, 0.717) is 0 Å². The molecule has 4 heteroatoms. The number of halogens is 1. The van der Waals surface area contributed by atoms with E-state index in [1.807, 2.05) is 6.07 Å². The van der Waals surface area contributed by atoms with E-state index in [4.69, 9.17) is 11.6 Å². The molecule has 1 aromatic heterocycles. The molecule has 8 rings (SSSR count). The summed E-state index contributed by atoms with van der Waals surface area (Å²) in [7, 11) is 0. The second-order valence-corrected chi connectivity index (χ2v) is 12.7. The summed E-state index contributed by atoms with van der Waals surface area (Å²) >= 11 is 6.24. The minimum absolute atomic E-state index is 0.0546. The Balaban J connectivity index is 1.19. The number of carbonyl (C=O) groups excluding carboxylic acids is 1. The van der Waals surface area contributed by atoms with Gasteiger partial charge >= 0.3 is 0 Å². The van der Waals surface area contributed by atoms with Gasteiger partial charge in [-0.25, -0.2) is 0 Å². The van der Waals surface area contributed by atoms with Gasteiger partial charge < -0.3 is 9.88 Å². The summed E-state index contributed by atoms with van der Waals surface area (Å²) < 4.78 is 2.33. The lowest BCUT2D eigenvalue weighted by Crippen LogP contribution is -2.60. The number of hydrogen-bond donors (Lipinski definition) is 1. The van der Waals surface area contributed by atoms with Crippen LogP contribution in [0.15, 0.2) is 66.7 Å². The van der Waals surface area contributed by atoms with Crippen LogP contribution < -0.4 is 5.32 Å². The van der Waals surface area contributed by atoms with E-state index < -0.39 is 0 Å². The predicted octanol–water partition coefficient (Wildman–Crippen LogP) is 8.12. The van der Waals surface area contributed by atoms with Crippen LogP contribution in [0.25, 0.3) is 21.8 Å². The third-order valence-electron chi connectivity index (χ3n) is 10.2. The normalized spacial score (nSPS) is 29.2. The molecule has 4 fully saturated rings. The van der Waals surface area contributed by atoms with Gasteiger partial charge in [0.05, 0.1) is 0 Å². The first-order valence-electron chi connectivity index (χ1n) is 14.0. The van der Waals surface area contributed by atoms with Crippen molar-refractivity contribution in [2.24, 2.45) is 17.3 Å². The van der Waals surface area contributed by atoms with Crippen LogP contribution in [0, 0.1) is 17.3 Å². The number of rotatable bonds is 5. The first-order valence-corrected chi connectivity index (χ1v) is 14.4. The van der Waals surface area contributed by atoms with Crippen molar-refractivity contribution in [3.63, 3.8) is 0 Å². The Morgan fingerprint density at radius 1 is 0.973 bits per heavy atom. The molecule has 0 radical (unpaired) electrons. The van der Waals surface area contributed by atoms with Crippen LogP contribution in [0.2, 0.25) is 5.02 Å². The number of hydrogen-bond acceptors (Lipinski definition) is 1. The third-order valence-corrected chi connectivity index (χ3v) is 10.4. The Kier molecular flexibility index (Phi) is 5.28. The van der Waals surface area contributed by atoms with Crippen molar-refractivity contribution in [3.05, 3.63) is 82.9 Å². The fourth-order valence-corrected chi connectivity index (χ4v) is 9.08. The molecule has 0 aliphatic heterocycles. The van der Waals surface area contributed by atoms with Crippen molar-refractivity contribution in [3.8, 4) is 0 Å². The molecule has 3 aromatic carbocycles. The topological polar surface area (TPSA) is 34.0 Å². The first kappa shape index (κ1) is 23.3. The fraction of sp³-hybridized carbons (Fsp3) is 0.424. The maximum atomic E-state index is 13.7. The maximum Gasteiger partial charge on any atom is 0.251 e. The number of amides is 1. The molecule has 1 N–H and O–H groups in total. The van der Waals surface area contributed by atoms with E-state index in [1.165, 1.54) is 60.5 Å². The van der Waals surface area contributed by atoms with E-state index >= 15 is 0 Å². The molecule has 4 aliphatic rings. The summed E-state index contributed by atoms with van der Waals surface area (Å²) in [5, 5.41) is 6.68. The highest BCUT2D eigenvalue weighted by Gasteiger charge is 2.59. The van der Waals surface area contributed by atoms with Crippen molar-refractivity contribution in [2.75, 3.05) is 0 Å². The number of carbonyl (C=O) groups is 1. The molecule has 3 atom stereocenters. The highest BCUT2D eigenvalue weighted by atomic mass is 35.5. The summed E-state index contributed by atoms with van der Waals surface area (Å²) in [4.78, 5) is 13.7. The van der Waals surface area contributed by atoms with Crippen molar-refractivity contribution in [1.29, 1.82) is 0 Å². The quantitative estimate of drug-likeness (QED) is 0.289. The van der Waals surface area contributed by atoms with Crippen LogP contribution >= 0.6 is 11.6 Å². The number of aromatic nitrogens is 1. The van der Waals surface area contributed by atoms with Gasteiger partial charge in [-0.05, 0) is 117 Å².